The lowest BCUT2D eigenvalue weighted by Gasteiger charge is -2.26. The van der Waals surface area contributed by atoms with Crippen molar-refractivity contribution < 1.29 is 13.9 Å². The standard InChI is InChI=1S/C19H22FNO2/c1-19(23-18-10-6-5-9-17(18)20)11-12-21(15-19)13-14-22-16-7-3-2-4-8-16/h2-10H,11-15H2,1H3. The molecule has 3 rings (SSSR count). The molecular formula is C19H22FNO2. The summed E-state index contributed by atoms with van der Waals surface area (Å²) in [6, 6.07) is 16.4. The van der Waals surface area contributed by atoms with Gasteiger partial charge in [-0.25, -0.2) is 4.39 Å². The van der Waals surface area contributed by atoms with Crippen molar-refractivity contribution in [3.63, 3.8) is 0 Å². The Bertz CT molecular complexity index is 634. The Hall–Kier alpha value is -2.07. The third-order valence-corrected chi connectivity index (χ3v) is 4.13. The number of ether oxygens (including phenoxy) is 2. The van der Waals surface area contributed by atoms with Crippen molar-refractivity contribution in [1.29, 1.82) is 0 Å². The molecule has 1 unspecified atom stereocenters. The summed E-state index contributed by atoms with van der Waals surface area (Å²) in [4.78, 5) is 2.30. The zero-order valence-electron chi connectivity index (χ0n) is 13.4. The van der Waals surface area contributed by atoms with E-state index < -0.39 is 0 Å². The molecule has 0 N–H and O–H groups in total. The van der Waals surface area contributed by atoms with Crippen LogP contribution in [-0.4, -0.2) is 36.7 Å². The second-order valence-electron chi connectivity index (χ2n) is 6.17. The number of nitrogens with zero attached hydrogens (tertiary/aromatic N) is 1. The van der Waals surface area contributed by atoms with Gasteiger partial charge in [0, 0.05) is 26.1 Å². The minimum Gasteiger partial charge on any atom is -0.492 e. The Morgan fingerprint density at radius 1 is 1.09 bits per heavy atom. The minimum absolute atomic E-state index is 0.306. The third-order valence-electron chi connectivity index (χ3n) is 4.13. The second-order valence-corrected chi connectivity index (χ2v) is 6.17. The maximum atomic E-state index is 13.7. The number of hydrogen-bond acceptors (Lipinski definition) is 3. The molecule has 0 aromatic heterocycles. The predicted octanol–water partition coefficient (Wildman–Crippen LogP) is 3.75. The van der Waals surface area contributed by atoms with E-state index in [2.05, 4.69) is 4.90 Å². The maximum Gasteiger partial charge on any atom is 0.165 e. The molecular weight excluding hydrogens is 293 g/mol. The summed E-state index contributed by atoms with van der Waals surface area (Å²) in [5.74, 6) is 0.911. The normalized spacial score (nSPS) is 21.3. The van der Waals surface area contributed by atoms with E-state index in [4.69, 9.17) is 9.47 Å². The quantitative estimate of drug-likeness (QED) is 0.810. The van der Waals surface area contributed by atoms with Gasteiger partial charge in [-0.05, 0) is 31.2 Å². The number of para-hydroxylation sites is 2. The van der Waals surface area contributed by atoms with Crippen LogP contribution in [0.15, 0.2) is 54.6 Å². The molecule has 0 bridgehead atoms. The Morgan fingerprint density at radius 3 is 2.61 bits per heavy atom. The Morgan fingerprint density at radius 2 is 1.83 bits per heavy atom. The van der Waals surface area contributed by atoms with E-state index in [-0.39, 0.29) is 11.4 Å². The van der Waals surface area contributed by atoms with Crippen LogP contribution < -0.4 is 9.47 Å². The largest absolute Gasteiger partial charge is 0.492 e. The molecule has 3 nitrogen and oxygen atoms in total. The van der Waals surface area contributed by atoms with Crippen molar-refractivity contribution >= 4 is 0 Å². The molecule has 0 amide bonds. The summed E-state index contributed by atoms with van der Waals surface area (Å²) in [6.45, 7) is 5.23. The van der Waals surface area contributed by atoms with Crippen LogP contribution in [0.1, 0.15) is 13.3 Å². The SMILES string of the molecule is CC1(Oc2ccccc2F)CCN(CCOc2ccccc2)C1. The highest BCUT2D eigenvalue weighted by Crippen LogP contribution is 2.29. The van der Waals surface area contributed by atoms with Gasteiger partial charge in [0.25, 0.3) is 0 Å². The number of rotatable bonds is 6. The van der Waals surface area contributed by atoms with Crippen LogP contribution in [0.4, 0.5) is 4.39 Å². The van der Waals surface area contributed by atoms with Gasteiger partial charge >= 0.3 is 0 Å². The summed E-state index contributed by atoms with van der Waals surface area (Å²) in [5.41, 5.74) is -0.352. The second kappa shape index (κ2) is 7.01. The fourth-order valence-corrected chi connectivity index (χ4v) is 2.90. The van der Waals surface area contributed by atoms with Crippen LogP contribution in [0.5, 0.6) is 11.5 Å². The third kappa shape index (κ3) is 4.23. The predicted molar refractivity (Wildman–Crippen MR) is 88.4 cm³/mol. The topological polar surface area (TPSA) is 21.7 Å². The van der Waals surface area contributed by atoms with Crippen LogP contribution >= 0.6 is 0 Å². The molecule has 1 aliphatic rings. The lowest BCUT2D eigenvalue weighted by atomic mass is 10.1. The first-order chi connectivity index (χ1) is 11.1. The monoisotopic (exact) mass is 315 g/mol. The van der Waals surface area contributed by atoms with E-state index in [0.717, 1.165) is 31.8 Å². The van der Waals surface area contributed by atoms with Crippen molar-refractivity contribution in [1.82, 2.24) is 4.90 Å². The van der Waals surface area contributed by atoms with Crippen molar-refractivity contribution in [2.24, 2.45) is 0 Å². The fourth-order valence-electron chi connectivity index (χ4n) is 2.90. The first-order valence-electron chi connectivity index (χ1n) is 7.98. The zero-order valence-corrected chi connectivity index (χ0v) is 13.4. The smallest absolute Gasteiger partial charge is 0.165 e. The molecule has 0 aliphatic carbocycles. The molecule has 1 atom stereocenters. The van der Waals surface area contributed by atoms with Gasteiger partial charge in [0.2, 0.25) is 0 Å². The summed E-state index contributed by atoms with van der Waals surface area (Å²) in [7, 11) is 0. The molecule has 0 saturated carbocycles. The van der Waals surface area contributed by atoms with Crippen LogP contribution in [-0.2, 0) is 0 Å². The van der Waals surface area contributed by atoms with E-state index in [1.54, 1.807) is 18.2 Å². The van der Waals surface area contributed by atoms with Gasteiger partial charge in [-0.3, -0.25) is 4.90 Å². The van der Waals surface area contributed by atoms with E-state index in [0.29, 0.717) is 12.4 Å². The Kier molecular flexibility index (Phi) is 4.82. The molecule has 4 heteroatoms. The number of hydrogen-bond donors (Lipinski definition) is 0. The number of benzene rings is 2. The number of likely N-dealkylation sites (tertiary alicyclic amines) is 1. The van der Waals surface area contributed by atoms with Crippen LogP contribution in [0, 0.1) is 5.82 Å². The van der Waals surface area contributed by atoms with E-state index in [1.165, 1.54) is 6.07 Å². The first kappa shape index (κ1) is 15.8. The summed E-state index contributed by atoms with van der Waals surface area (Å²) in [5, 5.41) is 0. The molecule has 23 heavy (non-hydrogen) atoms. The molecule has 1 saturated heterocycles. The molecule has 2 aromatic rings. The molecule has 1 fully saturated rings. The summed E-state index contributed by atoms with van der Waals surface area (Å²) < 4.78 is 25.4. The van der Waals surface area contributed by atoms with Crippen LogP contribution in [0.25, 0.3) is 0 Å². The minimum atomic E-state index is -0.352. The molecule has 2 aromatic carbocycles. The average molecular weight is 315 g/mol. The van der Waals surface area contributed by atoms with Crippen molar-refractivity contribution in [2.75, 3.05) is 26.2 Å². The average Bonchev–Trinajstić information content (AvgIpc) is 2.92. The van der Waals surface area contributed by atoms with Crippen molar-refractivity contribution in [2.45, 2.75) is 18.9 Å². The van der Waals surface area contributed by atoms with Crippen LogP contribution in [0.3, 0.4) is 0 Å². The van der Waals surface area contributed by atoms with Crippen molar-refractivity contribution in [3.05, 3.63) is 60.4 Å². The van der Waals surface area contributed by atoms with E-state index >= 15 is 0 Å². The molecule has 1 aliphatic heterocycles. The van der Waals surface area contributed by atoms with Crippen LogP contribution in [0.2, 0.25) is 0 Å². The molecule has 1 heterocycles. The van der Waals surface area contributed by atoms with Gasteiger partial charge in [-0.15, -0.1) is 0 Å². The van der Waals surface area contributed by atoms with Crippen molar-refractivity contribution in [3.8, 4) is 11.5 Å². The number of halogens is 1. The highest BCUT2D eigenvalue weighted by atomic mass is 19.1. The highest BCUT2D eigenvalue weighted by molar-refractivity contribution is 5.25. The van der Waals surface area contributed by atoms with E-state index in [9.17, 15) is 4.39 Å². The van der Waals surface area contributed by atoms with Gasteiger partial charge in [-0.1, -0.05) is 30.3 Å². The first-order valence-corrected chi connectivity index (χ1v) is 7.98. The van der Waals surface area contributed by atoms with Gasteiger partial charge in [0.15, 0.2) is 11.6 Å². The van der Waals surface area contributed by atoms with Gasteiger partial charge in [0.05, 0.1) is 0 Å². The molecule has 0 radical (unpaired) electrons. The van der Waals surface area contributed by atoms with Gasteiger partial charge in [-0.2, -0.15) is 0 Å². The lowest BCUT2D eigenvalue weighted by Crippen LogP contribution is -2.37. The highest BCUT2D eigenvalue weighted by Gasteiger charge is 2.36. The lowest BCUT2D eigenvalue weighted by molar-refractivity contribution is 0.0886. The summed E-state index contributed by atoms with van der Waals surface area (Å²) >= 11 is 0. The van der Waals surface area contributed by atoms with E-state index in [1.807, 2.05) is 37.3 Å². The maximum absolute atomic E-state index is 13.7. The molecule has 122 valence electrons. The zero-order chi connectivity index (χ0) is 16.1. The Balaban J connectivity index is 1.48. The van der Waals surface area contributed by atoms with Gasteiger partial charge in [0.1, 0.15) is 18.0 Å². The molecule has 0 spiro atoms. The fraction of sp³-hybridized carbons (Fsp3) is 0.368. The van der Waals surface area contributed by atoms with Gasteiger partial charge < -0.3 is 9.47 Å². The summed E-state index contributed by atoms with van der Waals surface area (Å²) in [6.07, 6.45) is 0.882. The Labute approximate surface area is 136 Å².